The monoisotopic (exact) mass is 325 g/mol. The van der Waals surface area contributed by atoms with Crippen molar-refractivity contribution in [3.63, 3.8) is 0 Å². The number of esters is 1. The van der Waals surface area contributed by atoms with Crippen LogP contribution in [0.3, 0.4) is 0 Å². The molecule has 0 radical (unpaired) electrons. The second-order valence-electron chi connectivity index (χ2n) is 6.93. The van der Waals surface area contributed by atoms with Crippen LogP contribution in [0, 0.1) is 0 Å². The van der Waals surface area contributed by atoms with Crippen molar-refractivity contribution in [3.8, 4) is 0 Å². The molecule has 124 valence electrons. The predicted octanol–water partition coefficient (Wildman–Crippen LogP) is 4.07. The van der Waals surface area contributed by atoms with E-state index in [4.69, 9.17) is 4.74 Å². The number of carbonyl (C=O) groups excluding carboxylic acids is 1. The summed E-state index contributed by atoms with van der Waals surface area (Å²) in [6.45, 7) is 6.01. The Morgan fingerprint density at radius 2 is 1.73 bits per heavy atom. The molecular weight excluding hydrogens is 298 g/mol. The third-order valence-corrected chi connectivity index (χ3v) is 3.95. The van der Waals surface area contributed by atoms with Crippen LogP contribution in [0.5, 0.6) is 0 Å². The van der Waals surface area contributed by atoms with Gasteiger partial charge in [-0.25, -0.2) is 0 Å². The summed E-state index contributed by atoms with van der Waals surface area (Å²) in [6.07, 6.45) is 4.64. The summed E-state index contributed by atoms with van der Waals surface area (Å²) in [7, 11) is 0. The minimum atomic E-state index is -0.399. The number of hydrogen-bond acceptors (Lipinski definition) is 3. The molecule has 0 saturated heterocycles. The molecule has 0 heterocycles. The fourth-order valence-corrected chi connectivity index (χ4v) is 2.96. The van der Waals surface area contributed by atoms with Gasteiger partial charge in [0.25, 0.3) is 0 Å². The van der Waals surface area contributed by atoms with E-state index in [1.54, 1.807) is 0 Å². The third kappa shape index (κ3) is 6.37. The van der Waals surface area contributed by atoms with Crippen molar-refractivity contribution >= 4 is 18.4 Å². The van der Waals surface area contributed by atoms with Crippen LogP contribution in [0.4, 0.5) is 0 Å². The van der Waals surface area contributed by atoms with Gasteiger partial charge in [0.1, 0.15) is 5.60 Å². The Morgan fingerprint density at radius 3 is 2.27 bits per heavy atom. The molecule has 1 aliphatic carbocycles. The van der Waals surface area contributed by atoms with Gasteiger partial charge >= 0.3 is 5.97 Å². The lowest BCUT2D eigenvalue weighted by atomic mass is 9.82. The normalized spacial score (nSPS) is 21.8. The lowest BCUT2D eigenvalue weighted by molar-refractivity contribution is -0.153. The Bertz CT molecular complexity index is 448. The first kappa shape index (κ1) is 19.0. The van der Waals surface area contributed by atoms with Crippen molar-refractivity contribution in [2.75, 3.05) is 6.54 Å². The minimum absolute atomic E-state index is 0. The molecule has 1 aromatic carbocycles. The zero-order chi connectivity index (χ0) is 15.3. The molecule has 3 nitrogen and oxygen atoms in total. The molecule has 0 spiro atoms. The Kier molecular flexibility index (Phi) is 7.37. The third-order valence-electron chi connectivity index (χ3n) is 3.95. The molecule has 1 saturated carbocycles. The summed E-state index contributed by atoms with van der Waals surface area (Å²) in [5, 5.41) is 3.34. The van der Waals surface area contributed by atoms with E-state index in [9.17, 15) is 4.79 Å². The van der Waals surface area contributed by atoms with Crippen LogP contribution in [-0.2, 0) is 9.53 Å². The van der Waals surface area contributed by atoms with Crippen LogP contribution >= 0.6 is 12.4 Å². The van der Waals surface area contributed by atoms with Gasteiger partial charge in [-0.05, 0) is 57.9 Å². The van der Waals surface area contributed by atoms with Gasteiger partial charge in [0.2, 0.25) is 0 Å². The fraction of sp³-hybridized carbons (Fsp3) is 0.611. The van der Waals surface area contributed by atoms with E-state index in [0.29, 0.717) is 18.5 Å². The predicted molar refractivity (Wildman–Crippen MR) is 92.5 cm³/mol. The number of nitrogens with one attached hydrogen (secondary N) is 1. The van der Waals surface area contributed by atoms with Crippen LogP contribution < -0.4 is 5.32 Å². The first-order chi connectivity index (χ1) is 9.94. The number of ether oxygens (including phenoxy) is 1. The van der Waals surface area contributed by atoms with Gasteiger partial charge in [0.05, 0.1) is 6.54 Å². The number of carbonyl (C=O) groups is 1. The summed E-state index contributed by atoms with van der Waals surface area (Å²) in [5.74, 6) is 0.512. The highest BCUT2D eigenvalue weighted by atomic mass is 35.5. The summed E-state index contributed by atoms with van der Waals surface area (Å²) >= 11 is 0. The first-order valence-corrected chi connectivity index (χ1v) is 7.94. The smallest absolute Gasteiger partial charge is 0.320 e. The molecule has 1 aromatic rings. The van der Waals surface area contributed by atoms with Crippen molar-refractivity contribution in [1.29, 1.82) is 0 Å². The molecular formula is C18H28ClNO2. The van der Waals surface area contributed by atoms with Crippen molar-refractivity contribution < 1.29 is 9.53 Å². The van der Waals surface area contributed by atoms with Gasteiger partial charge in [-0.3, -0.25) is 4.79 Å². The molecule has 22 heavy (non-hydrogen) atoms. The summed E-state index contributed by atoms with van der Waals surface area (Å²) < 4.78 is 5.32. The maximum absolute atomic E-state index is 11.7. The molecule has 1 fully saturated rings. The van der Waals surface area contributed by atoms with Crippen LogP contribution in [0.15, 0.2) is 30.3 Å². The van der Waals surface area contributed by atoms with Crippen molar-refractivity contribution in [3.05, 3.63) is 35.9 Å². The summed E-state index contributed by atoms with van der Waals surface area (Å²) in [4.78, 5) is 11.7. The van der Waals surface area contributed by atoms with Gasteiger partial charge in [0, 0.05) is 6.04 Å². The molecule has 0 aliphatic heterocycles. The second kappa shape index (κ2) is 8.54. The topological polar surface area (TPSA) is 38.3 Å². The average Bonchev–Trinajstić information content (AvgIpc) is 2.45. The van der Waals surface area contributed by atoms with E-state index in [2.05, 4.69) is 35.6 Å². The number of benzene rings is 1. The van der Waals surface area contributed by atoms with Gasteiger partial charge in [-0.1, -0.05) is 30.3 Å². The lowest BCUT2D eigenvalue weighted by Gasteiger charge is -2.29. The highest BCUT2D eigenvalue weighted by molar-refractivity contribution is 5.85. The highest BCUT2D eigenvalue weighted by Gasteiger charge is 2.23. The Balaban J connectivity index is 0.00000242. The number of rotatable bonds is 4. The zero-order valence-electron chi connectivity index (χ0n) is 13.8. The van der Waals surface area contributed by atoms with Gasteiger partial charge < -0.3 is 10.1 Å². The SMILES string of the molecule is CC(C)(C)OC(=O)CNC1CCC(c2ccccc2)CC1.Cl. The Morgan fingerprint density at radius 1 is 1.14 bits per heavy atom. The molecule has 0 bridgehead atoms. The van der Waals surface area contributed by atoms with Crippen LogP contribution in [-0.4, -0.2) is 24.2 Å². The second-order valence-corrected chi connectivity index (χ2v) is 6.93. The molecule has 0 atom stereocenters. The summed E-state index contributed by atoms with van der Waals surface area (Å²) in [5.41, 5.74) is 1.05. The quantitative estimate of drug-likeness (QED) is 0.848. The molecule has 0 aromatic heterocycles. The van der Waals surface area contributed by atoms with Crippen molar-refractivity contribution in [2.45, 2.75) is 64.0 Å². The Labute approximate surface area is 140 Å². The van der Waals surface area contributed by atoms with E-state index < -0.39 is 5.60 Å². The van der Waals surface area contributed by atoms with Crippen molar-refractivity contribution in [1.82, 2.24) is 5.32 Å². The minimum Gasteiger partial charge on any atom is -0.459 e. The number of halogens is 1. The molecule has 1 N–H and O–H groups in total. The van der Waals surface area contributed by atoms with Gasteiger partial charge in [-0.15, -0.1) is 12.4 Å². The maximum Gasteiger partial charge on any atom is 0.320 e. The Hall–Kier alpha value is -1.06. The van der Waals surface area contributed by atoms with Crippen molar-refractivity contribution in [2.24, 2.45) is 0 Å². The largest absolute Gasteiger partial charge is 0.459 e. The molecule has 0 unspecified atom stereocenters. The van der Waals surface area contributed by atoms with E-state index in [1.807, 2.05) is 20.8 Å². The van der Waals surface area contributed by atoms with E-state index in [0.717, 1.165) is 12.8 Å². The van der Waals surface area contributed by atoms with Crippen LogP contribution in [0.1, 0.15) is 57.9 Å². The molecule has 1 aliphatic rings. The fourth-order valence-electron chi connectivity index (χ4n) is 2.96. The summed E-state index contributed by atoms with van der Waals surface area (Å²) in [6, 6.07) is 11.2. The lowest BCUT2D eigenvalue weighted by Crippen LogP contribution is -2.38. The zero-order valence-corrected chi connectivity index (χ0v) is 14.6. The van der Waals surface area contributed by atoms with Gasteiger partial charge in [-0.2, -0.15) is 0 Å². The number of hydrogen-bond donors (Lipinski definition) is 1. The molecule has 2 rings (SSSR count). The molecule has 4 heteroatoms. The highest BCUT2D eigenvalue weighted by Crippen LogP contribution is 2.32. The average molecular weight is 326 g/mol. The standard InChI is InChI=1S/C18H27NO2.ClH/c1-18(2,3)21-17(20)13-19-16-11-9-15(10-12-16)14-7-5-4-6-8-14;/h4-8,15-16,19H,9-13H2,1-3H3;1H. The van der Waals surface area contributed by atoms with Gasteiger partial charge in [0.15, 0.2) is 0 Å². The molecule has 0 amide bonds. The van der Waals surface area contributed by atoms with E-state index in [1.165, 1.54) is 18.4 Å². The van der Waals surface area contributed by atoms with E-state index >= 15 is 0 Å². The first-order valence-electron chi connectivity index (χ1n) is 7.94. The maximum atomic E-state index is 11.7. The van der Waals surface area contributed by atoms with Crippen LogP contribution in [0.2, 0.25) is 0 Å². The van der Waals surface area contributed by atoms with E-state index in [-0.39, 0.29) is 18.4 Å². The van der Waals surface area contributed by atoms with Crippen LogP contribution in [0.25, 0.3) is 0 Å².